The second-order valence-electron chi connectivity index (χ2n) is 12.4. The number of hydrogen-bond donors (Lipinski definition) is 1. The van der Waals surface area contributed by atoms with Crippen LogP contribution in [-0.4, -0.2) is 85.0 Å². The molecule has 0 radical (unpaired) electrons. The van der Waals surface area contributed by atoms with Gasteiger partial charge in [-0.25, -0.2) is 19.2 Å². The van der Waals surface area contributed by atoms with E-state index < -0.39 is 17.5 Å². The molecule has 1 atom stereocenters. The Kier molecular flexibility index (Phi) is 9.79. The number of nitrogens with one attached hydrogen (secondary N) is 1. The topological polar surface area (TPSA) is 100 Å². The van der Waals surface area contributed by atoms with Gasteiger partial charge in [-0.1, -0.05) is 18.5 Å². The number of likely N-dealkylation sites (N-methyl/N-ethyl adjacent to an activating group) is 1. The predicted octanol–water partition coefficient (Wildman–Crippen LogP) is 6.03. The average Bonchev–Trinajstić information content (AvgIpc) is 3.51. The Hall–Kier alpha value is -3.96. The number of benzene rings is 2. The Balaban J connectivity index is 1.46. The number of amides is 2. The van der Waals surface area contributed by atoms with Gasteiger partial charge < -0.3 is 29.5 Å². The van der Waals surface area contributed by atoms with E-state index in [0.717, 1.165) is 5.56 Å². The Morgan fingerprint density at radius 3 is 2.47 bits per heavy atom. The van der Waals surface area contributed by atoms with Gasteiger partial charge in [-0.3, -0.25) is 4.79 Å². The van der Waals surface area contributed by atoms with E-state index in [4.69, 9.17) is 21.1 Å². The van der Waals surface area contributed by atoms with Crippen molar-refractivity contribution >= 4 is 40.9 Å². The summed E-state index contributed by atoms with van der Waals surface area (Å²) >= 11 is 6.31. The first kappa shape index (κ1) is 32.4. The third-order valence-corrected chi connectivity index (χ3v) is 8.16. The van der Waals surface area contributed by atoms with Crippen LogP contribution in [0.4, 0.5) is 26.5 Å². The lowest BCUT2D eigenvalue weighted by Crippen LogP contribution is -2.42. The van der Waals surface area contributed by atoms with Crippen molar-refractivity contribution in [3.63, 3.8) is 0 Å². The van der Waals surface area contributed by atoms with E-state index in [-0.39, 0.29) is 17.5 Å². The highest BCUT2D eigenvalue weighted by Crippen LogP contribution is 2.37. The molecule has 1 aromatic heterocycles. The zero-order valence-electron chi connectivity index (χ0n) is 26.4. The summed E-state index contributed by atoms with van der Waals surface area (Å²) in [6.07, 6.45) is 4.13. The van der Waals surface area contributed by atoms with Crippen molar-refractivity contribution in [1.29, 1.82) is 0 Å². The zero-order chi connectivity index (χ0) is 32.3. The molecule has 0 spiro atoms. The SMILES string of the molecule is CCc1cc(Cl)cc(C(=O)Nc2cc(-c3cnc(N4CCOCC4)nc3)c(F)cc2N2CCC(N(C)C(=O)OC(C)(C)C)C2)c1. The summed E-state index contributed by atoms with van der Waals surface area (Å²) in [6, 6.07) is 8.11. The molecule has 2 amide bonds. The Bertz CT molecular complexity index is 1540. The van der Waals surface area contributed by atoms with Crippen molar-refractivity contribution in [3.8, 4) is 11.1 Å². The van der Waals surface area contributed by atoms with E-state index in [2.05, 4.69) is 15.3 Å². The van der Waals surface area contributed by atoms with E-state index in [1.165, 1.54) is 6.07 Å². The molecular weight excluding hydrogens is 599 g/mol. The molecule has 0 bridgehead atoms. The van der Waals surface area contributed by atoms with E-state index in [1.807, 2.05) is 43.6 Å². The van der Waals surface area contributed by atoms with Crippen molar-refractivity contribution in [1.82, 2.24) is 14.9 Å². The molecule has 3 heterocycles. The summed E-state index contributed by atoms with van der Waals surface area (Å²) in [6.45, 7) is 11.0. The largest absolute Gasteiger partial charge is 0.444 e. The summed E-state index contributed by atoms with van der Waals surface area (Å²) in [4.78, 5) is 40.9. The molecule has 2 saturated heterocycles. The average molecular weight is 639 g/mol. The summed E-state index contributed by atoms with van der Waals surface area (Å²) in [5, 5.41) is 3.47. The summed E-state index contributed by atoms with van der Waals surface area (Å²) in [5.74, 6) is -0.297. The van der Waals surface area contributed by atoms with E-state index in [0.29, 0.717) is 85.7 Å². The number of carbonyl (C=O) groups is 2. The van der Waals surface area contributed by atoms with Gasteiger partial charge >= 0.3 is 6.09 Å². The molecule has 5 rings (SSSR count). The van der Waals surface area contributed by atoms with Gasteiger partial charge in [-0.2, -0.15) is 0 Å². The minimum Gasteiger partial charge on any atom is -0.444 e. The van der Waals surface area contributed by atoms with Gasteiger partial charge in [-0.15, -0.1) is 0 Å². The summed E-state index contributed by atoms with van der Waals surface area (Å²) in [7, 11) is 1.71. The maximum atomic E-state index is 15.9. The Morgan fingerprint density at radius 2 is 1.80 bits per heavy atom. The lowest BCUT2D eigenvalue weighted by molar-refractivity contribution is 0.0237. The zero-order valence-corrected chi connectivity index (χ0v) is 27.2. The van der Waals surface area contributed by atoms with Crippen LogP contribution in [0.25, 0.3) is 11.1 Å². The van der Waals surface area contributed by atoms with E-state index in [1.54, 1.807) is 42.5 Å². The molecule has 0 saturated carbocycles. The van der Waals surface area contributed by atoms with Crippen molar-refractivity contribution in [2.24, 2.45) is 0 Å². The number of carbonyl (C=O) groups excluding carboxylic acids is 2. The van der Waals surface area contributed by atoms with Crippen LogP contribution in [0.5, 0.6) is 0 Å². The van der Waals surface area contributed by atoms with Crippen molar-refractivity contribution in [3.05, 3.63) is 64.7 Å². The fraction of sp³-hybridized carbons (Fsp3) is 0.455. The number of rotatable bonds is 7. The number of hydrogen-bond acceptors (Lipinski definition) is 8. The van der Waals surface area contributed by atoms with Crippen LogP contribution in [0, 0.1) is 5.82 Å². The number of nitrogens with zero attached hydrogens (tertiary/aromatic N) is 5. The van der Waals surface area contributed by atoms with Crippen molar-refractivity contribution in [2.75, 3.05) is 61.6 Å². The van der Waals surface area contributed by atoms with Crippen LogP contribution in [0.3, 0.4) is 0 Å². The number of ether oxygens (including phenoxy) is 2. The van der Waals surface area contributed by atoms with E-state index in [9.17, 15) is 9.59 Å². The fourth-order valence-electron chi connectivity index (χ4n) is 5.47. The lowest BCUT2D eigenvalue weighted by Gasteiger charge is -2.29. The first-order valence-electron chi connectivity index (χ1n) is 15.2. The number of aromatic nitrogens is 2. The molecule has 45 heavy (non-hydrogen) atoms. The van der Waals surface area contributed by atoms with Crippen molar-refractivity contribution in [2.45, 2.75) is 52.2 Å². The monoisotopic (exact) mass is 638 g/mol. The fourth-order valence-corrected chi connectivity index (χ4v) is 5.73. The van der Waals surface area contributed by atoms with Crippen LogP contribution in [0.1, 0.15) is 50.0 Å². The third-order valence-electron chi connectivity index (χ3n) is 7.94. The van der Waals surface area contributed by atoms with E-state index >= 15 is 4.39 Å². The number of aryl methyl sites for hydroxylation is 1. The van der Waals surface area contributed by atoms with Crippen LogP contribution < -0.4 is 15.1 Å². The second kappa shape index (κ2) is 13.6. The molecule has 1 N–H and O–H groups in total. The number of anilines is 3. The number of halogens is 2. The molecule has 0 aliphatic carbocycles. The highest BCUT2D eigenvalue weighted by molar-refractivity contribution is 6.31. The molecule has 240 valence electrons. The van der Waals surface area contributed by atoms with Crippen molar-refractivity contribution < 1.29 is 23.5 Å². The lowest BCUT2D eigenvalue weighted by atomic mass is 10.0. The third kappa shape index (κ3) is 7.83. The Morgan fingerprint density at radius 1 is 1.09 bits per heavy atom. The summed E-state index contributed by atoms with van der Waals surface area (Å²) in [5.41, 5.74) is 2.37. The first-order chi connectivity index (χ1) is 21.4. The minimum atomic E-state index is -0.623. The Labute approximate surface area is 268 Å². The quantitative estimate of drug-likeness (QED) is 0.335. The number of morpholine rings is 1. The minimum absolute atomic E-state index is 0.160. The second-order valence-corrected chi connectivity index (χ2v) is 12.8. The first-order valence-corrected chi connectivity index (χ1v) is 15.6. The van der Waals surface area contributed by atoms with Crippen LogP contribution in [0.15, 0.2) is 42.7 Å². The molecular formula is C33H40ClFN6O4. The van der Waals surface area contributed by atoms with Gasteiger partial charge in [0.15, 0.2) is 0 Å². The standard InChI is InChI=1S/C33H40ClFN6O4/c1-6-21-13-22(15-24(34)14-21)30(42)38-28-16-26(23-18-36-31(37-19-23)40-9-11-44-12-10-40)27(35)17-29(28)41-8-7-25(20-41)39(5)32(43)45-33(2,3)4/h13-19,25H,6-12,20H2,1-5H3,(H,38,42). The molecule has 1 unspecified atom stereocenters. The maximum absolute atomic E-state index is 15.9. The maximum Gasteiger partial charge on any atom is 0.410 e. The summed E-state index contributed by atoms with van der Waals surface area (Å²) < 4.78 is 26.9. The van der Waals surface area contributed by atoms with Crippen LogP contribution in [0.2, 0.25) is 5.02 Å². The van der Waals surface area contributed by atoms with Gasteiger partial charge in [0.25, 0.3) is 5.91 Å². The molecule has 12 heteroatoms. The van der Waals surface area contributed by atoms with Gasteiger partial charge in [-0.05, 0) is 69.5 Å². The molecule has 3 aromatic rings. The normalized spacial score (nSPS) is 16.9. The van der Waals surface area contributed by atoms with Gasteiger partial charge in [0.05, 0.1) is 30.6 Å². The van der Waals surface area contributed by atoms with Gasteiger partial charge in [0, 0.05) is 67.3 Å². The highest BCUT2D eigenvalue weighted by Gasteiger charge is 2.33. The molecule has 2 aliphatic rings. The highest BCUT2D eigenvalue weighted by atomic mass is 35.5. The molecule has 2 aromatic carbocycles. The molecule has 2 aliphatic heterocycles. The van der Waals surface area contributed by atoms with Gasteiger partial charge in [0.1, 0.15) is 11.4 Å². The van der Waals surface area contributed by atoms with Gasteiger partial charge in [0.2, 0.25) is 5.95 Å². The van der Waals surface area contributed by atoms with Crippen LogP contribution >= 0.6 is 11.6 Å². The van der Waals surface area contributed by atoms with Crippen LogP contribution in [-0.2, 0) is 15.9 Å². The molecule has 10 nitrogen and oxygen atoms in total. The predicted molar refractivity (Wildman–Crippen MR) is 174 cm³/mol. The smallest absolute Gasteiger partial charge is 0.410 e. The molecule has 2 fully saturated rings.